The largest absolute Gasteiger partial charge is 0.369 e. The number of hydrogen-bond acceptors (Lipinski definition) is 3. The van der Waals surface area contributed by atoms with Crippen molar-refractivity contribution in [3.05, 3.63) is 29.8 Å². The molecule has 0 unspecified atom stereocenters. The predicted octanol–water partition coefficient (Wildman–Crippen LogP) is 1.15. The topological polar surface area (TPSA) is 32.5 Å². The Morgan fingerprint density at radius 3 is 2.41 bits per heavy atom. The molecule has 0 bridgehead atoms. The van der Waals surface area contributed by atoms with Gasteiger partial charge in [0.25, 0.3) is 0 Å². The molecule has 3 heteroatoms. The van der Waals surface area contributed by atoms with Gasteiger partial charge in [-0.25, -0.2) is 0 Å². The van der Waals surface area contributed by atoms with Gasteiger partial charge in [-0.15, -0.1) is 12.8 Å². The number of rotatable bonds is 2. The molecule has 0 amide bonds. The van der Waals surface area contributed by atoms with Gasteiger partial charge in [-0.05, 0) is 24.7 Å². The molecule has 1 aromatic carbocycles. The summed E-state index contributed by atoms with van der Waals surface area (Å²) in [7, 11) is 2.17. The minimum Gasteiger partial charge on any atom is -0.369 e. The zero-order chi connectivity index (χ0) is 12.7. The summed E-state index contributed by atoms with van der Waals surface area (Å²) < 4.78 is 0. The summed E-state index contributed by atoms with van der Waals surface area (Å²) in [5.74, 6) is 0. The zero-order valence-corrected chi connectivity index (χ0v) is 10.5. The Labute approximate surface area is 104 Å². The van der Waals surface area contributed by atoms with E-state index in [0.717, 1.165) is 26.2 Å². The number of benzene rings is 1. The van der Waals surface area contributed by atoms with Crippen molar-refractivity contribution in [3.8, 4) is 12.8 Å². The number of likely N-dealkylation sites (N-methyl/N-ethyl adjacent to an activating group) is 1. The summed E-state index contributed by atoms with van der Waals surface area (Å²) >= 11 is 0. The molecule has 0 aromatic heterocycles. The number of piperazine rings is 1. The number of terminal acetylenes is 1. The molecule has 1 heterocycles. The summed E-state index contributed by atoms with van der Waals surface area (Å²) in [4.78, 5) is 4.79. The van der Waals surface area contributed by atoms with Crippen LogP contribution in [0, 0.1) is 12.8 Å². The SMILES string of the molecule is C#C.CN1CCN(c2cccc(CN)c2)CC1. The van der Waals surface area contributed by atoms with E-state index < -0.39 is 0 Å². The van der Waals surface area contributed by atoms with E-state index in [1.54, 1.807) is 0 Å². The molecular formula is C14H21N3. The molecule has 17 heavy (non-hydrogen) atoms. The molecule has 1 saturated heterocycles. The average molecular weight is 231 g/mol. The molecule has 0 atom stereocenters. The van der Waals surface area contributed by atoms with Gasteiger partial charge in [-0.1, -0.05) is 12.1 Å². The normalized spacial score (nSPS) is 16.1. The van der Waals surface area contributed by atoms with Gasteiger partial charge in [0.1, 0.15) is 0 Å². The molecule has 1 fully saturated rings. The maximum Gasteiger partial charge on any atom is 0.0370 e. The smallest absolute Gasteiger partial charge is 0.0370 e. The van der Waals surface area contributed by atoms with Crippen LogP contribution < -0.4 is 10.6 Å². The number of nitrogens with two attached hydrogens (primary N) is 1. The molecule has 1 aliphatic rings. The quantitative estimate of drug-likeness (QED) is 0.775. The summed E-state index contributed by atoms with van der Waals surface area (Å²) in [6.07, 6.45) is 8.00. The van der Waals surface area contributed by atoms with E-state index in [9.17, 15) is 0 Å². The second-order valence-electron chi connectivity index (χ2n) is 4.16. The van der Waals surface area contributed by atoms with Gasteiger partial charge in [0, 0.05) is 38.4 Å². The van der Waals surface area contributed by atoms with Crippen LogP contribution in [0.25, 0.3) is 0 Å². The van der Waals surface area contributed by atoms with Crippen molar-refractivity contribution in [1.82, 2.24) is 4.90 Å². The first kappa shape index (κ1) is 13.6. The first-order valence-corrected chi connectivity index (χ1v) is 5.85. The fourth-order valence-corrected chi connectivity index (χ4v) is 1.94. The van der Waals surface area contributed by atoms with Crippen LogP contribution in [0.5, 0.6) is 0 Å². The Bertz CT molecular complexity index is 351. The van der Waals surface area contributed by atoms with Crippen molar-refractivity contribution < 1.29 is 0 Å². The van der Waals surface area contributed by atoms with Gasteiger partial charge in [-0.3, -0.25) is 0 Å². The Kier molecular flexibility index (Phi) is 5.55. The minimum atomic E-state index is 0.627. The highest BCUT2D eigenvalue weighted by atomic mass is 15.2. The summed E-state index contributed by atoms with van der Waals surface area (Å²) in [6, 6.07) is 8.55. The lowest BCUT2D eigenvalue weighted by Gasteiger charge is -2.34. The summed E-state index contributed by atoms with van der Waals surface area (Å²) in [5.41, 5.74) is 8.17. The molecule has 2 rings (SSSR count). The van der Waals surface area contributed by atoms with Crippen molar-refractivity contribution in [1.29, 1.82) is 0 Å². The van der Waals surface area contributed by atoms with Crippen LogP contribution in [0.2, 0.25) is 0 Å². The third-order valence-electron chi connectivity index (χ3n) is 3.01. The van der Waals surface area contributed by atoms with Gasteiger partial charge < -0.3 is 15.5 Å². The molecule has 1 aromatic rings. The number of anilines is 1. The predicted molar refractivity (Wildman–Crippen MR) is 73.9 cm³/mol. The lowest BCUT2D eigenvalue weighted by molar-refractivity contribution is 0.313. The van der Waals surface area contributed by atoms with Crippen molar-refractivity contribution in [3.63, 3.8) is 0 Å². The lowest BCUT2D eigenvalue weighted by atomic mass is 10.1. The van der Waals surface area contributed by atoms with Gasteiger partial charge in [-0.2, -0.15) is 0 Å². The first-order valence-electron chi connectivity index (χ1n) is 5.85. The highest BCUT2D eigenvalue weighted by Gasteiger charge is 2.13. The van der Waals surface area contributed by atoms with Crippen molar-refractivity contribution in [2.24, 2.45) is 5.73 Å². The van der Waals surface area contributed by atoms with E-state index in [2.05, 4.69) is 54.0 Å². The van der Waals surface area contributed by atoms with E-state index in [1.165, 1.54) is 11.3 Å². The molecule has 1 aliphatic heterocycles. The second-order valence-corrected chi connectivity index (χ2v) is 4.16. The Hall–Kier alpha value is -1.50. The third kappa shape index (κ3) is 3.77. The van der Waals surface area contributed by atoms with Crippen LogP contribution in [0.4, 0.5) is 5.69 Å². The molecule has 0 radical (unpaired) electrons. The maximum atomic E-state index is 5.64. The molecule has 0 aliphatic carbocycles. The Balaban J connectivity index is 0.000000686. The van der Waals surface area contributed by atoms with Crippen LogP contribution in [-0.4, -0.2) is 38.1 Å². The van der Waals surface area contributed by atoms with Gasteiger partial charge in [0.05, 0.1) is 0 Å². The standard InChI is InChI=1S/C12H19N3.C2H2/c1-14-5-7-15(8-6-14)12-4-2-3-11(9-12)10-13;1-2/h2-4,9H,5-8,10,13H2,1H3;1-2H. The van der Waals surface area contributed by atoms with Crippen LogP contribution >= 0.6 is 0 Å². The average Bonchev–Trinajstić information content (AvgIpc) is 2.42. The summed E-state index contributed by atoms with van der Waals surface area (Å²) in [6.45, 7) is 5.15. The molecule has 0 spiro atoms. The van der Waals surface area contributed by atoms with E-state index in [-0.39, 0.29) is 0 Å². The van der Waals surface area contributed by atoms with Gasteiger partial charge >= 0.3 is 0 Å². The van der Waals surface area contributed by atoms with Crippen molar-refractivity contribution >= 4 is 5.69 Å². The van der Waals surface area contributed by atoms with Gasteiger partial charge in [0.15, 0.2) is 0 Å². The van der Waals surface area contributed by atoms with Crippen molar-refractivity contribution in [2.45, 2.75) is 6.54 Å². The molecule has 2 N–H and O–H groups in total. The Morgan fingerprint density at radius 2 is 1.82 bits per heavy atom. The fraction of sp³-hybridized carbons (Fsp3) is 0.429. The monoisotopic (exact) mass is 231 g/mol. The highest BCUT2D eigenvalue weighted by molar-refractivity contribution is 5.49. The van der Waals surface area contributed by atoms with E-state index >= 15 is 0 Å². The van der Waals surface area contributed by atoms with Crippen LogP contribution in [0.3, 0.4) is 0 Å². The zero-order valence-electron chi connectivity index (χ0n) is 10.5. The Morgan fingerprint density at radius 1 is 1.18 bits per heavy atom. The maximum absolute atomic E-state index is 5.64. The molecule has 3 nitrogen and oxygen atoms in total. The lowest BCUT2D eigenvalue weighted by Crippen LogP contribution is -2.44. The summed E-state index contributed by atoms with van der Waals surface area (Å²) in [5, 5.41) is 0. The molecule has 0 saturated carbocycles. The van der Waals surface area contributed by atoms with Crippen LogP contribution in [0.1, 0.15) is 5.56 Å². The second kappa shape index (κ2) is 6.95. The number of nitrogens with zero attached hydrogens (tertiary/aromatic N) is 2. The van der Waals surface area contributed by atoms with E-state index in [0.29, 0.717) is 6.54 Å². The molecular weight excluding hydrogens is 210 g/mol. The number of hydrogen-bond donors (Lipinski definition) is 1. The first-order chi connectivity index (χ1) is 8.29. The van der Waals surface area contributed by atoms with E-state index in [4.69, 9.17) is 5.73 Å². The van der Waals surface area contributed by atoms with Crippen molar-refractivity contribution in [2.75, 3.05) is 38.1 Å². The van der Waals surface area contributed by atoms with Crippen LogP contribution in [-0.2, 0) is 6.54 Å². The third-order valence-corrected chi connectivity index (χ3v) is 3.01. The van der Waals surface area contributed by atoms with E-state index in [1.807, 2.05) is 0 Å². The molecule has 92 valence electrons. The fourth-order valence-electron chi connectivity index (χ4n) is 1.94. The van der Waals surface area contributed by atoms with Crippen LogP contribution in [0.15, 0.2) is 24.3 Å². The highest BCUT2D eigenvalue weighted by Crippen LogP contribution is 2.17. The minimum absolute atomic E-state index is 0.627. The van der Waals surface area contributed by atoms with Gasteiger partial charge in [0.2, 0.25) is 0 Å².